The monoisotopic (exact) mass is 287 g/mol. The fourth-order valence-electron chi connectivity index (χ4n) is 3.07. The van der Waals surface area contributed by atoms with Crippen LogP contribution in [0.1, 0.15) is 35.4 Å². The Balaban J connectivity index is 1.90. The van der Waals surface area contributed by atoms with Gasteiger partial charge in [-0.1, -0.05) is 6.42 Å². The number of hydrogen-bond donors (Lipinski definition) is 0. The molecule has 1 aliphatic rings. The highest BCUT2D eigenvalue weighted by molar-refractivity contribution is 6.09. The van der Waals surface area contributed by atoms with Crippen molar-refractivity contribution in [1.82, 2.24) is 4.90 Å². The number of carbonyl (C=O) groups is 1. The van der Waals surface area contributed by atoms with Gasteiger partial charge in [0.25, 0.3) is 0 Å². The summed E-state index contributed by atoms with van der Waals surface area (Å²) in [6.45, 7) is 4.37. The van der Waals surface area contributed by atoms with E-state index in [1.54, 1.807) is 7.11 Å². The normalized spacial score (nSPS) is 16.3. The largest absolute Gasteiger partial charge is 0.497 e. The van der Waals surface area contributed by atoms with Crippen molar-refractivity contribution in [2.24, 2.45) is 0 Å². The van der Waals surface area contributed by atoms with Crippen LogP contribution in [0.25, 0.3) is 11.0 Å². The van der Waals surface area contributed by atoms with E-state index < -0.39 is 0 Å². The van der Waals surface area contributed by atoms with Crippen LogP contribution >= 0.6 is 0 Å². The van der Waals surface area contributed by atoms with Gasteiger partial charge < -0.3 is 9.15 Å². The molecule has 1 aliphatic heterocycles. The predicted molar refractivity (Wildman–Crippen MR) is 82.1 cm³/mol. The van der Waals surface area contributed by atoms with Gasteiger partial charge >= 0.3 is 0 Å². The number of hydrogen-bond acceptors (Lipinski definition) is 4. The number of aryl methyl sites for hydroxylation is 1. The number of methoxy groups -OCH3 is 1. The van der Waals surface area contributed by atoms with E-state index >= 15 is 0 Å². The van der Waals surface area contributed by atoms with E-state index in [0.29, 0.717) is 17.9 Å². The molecular formula is C17H21NO3. The summed E-state index contributed by atoms with van der Waals surface area (Å²) in [6, 6.07) is 5.60. The van der Waals surface area contributed by atoms with Gasteiger partial charge in [0.05, 0.1) is 19.2 Å². The van der Waals surface area contributed by atoms with Gasteiger partial charge in [-0.2, -0.15) is 0 Å². The molecule has 21 heavy (non-hydrogen) atoms. The number of ketones is 1. The average molecular weight is 287 g/mol. The van der Waals surface area contributed by atoms with Crippen LogP contribution in [-0.4, -0.2) is 37.4 Å². The molecule has 0 unspecified atom stereocenters. The third-order valence-corrected chi connectivity index (χ3v) is 4.17. The highest BCUT2D eigenvalue weighted by atomic mass is 16.5. The number of piperidine rings is 1. The Labute approximate surface area is 124 Å². The zero-order valence-corrected chi connectivity index (χ0v) is 12.6. The van der Waals surface area contributed by atoms with Gasteiger partial charge in [0, 0.05) is 5.39 Å². The SMILES string of the molecule is COc1ccc2oc(C)c(C(=O)CN3CCCCC3)c2c1. The van der Waals surface area contributed by atoms with Gasteiger partial charge in [0.15, 0.2) is 5.78 Å². The number of carbonyl (C=O) groups excluding carboxylic acids is 1. The molecule has 4 heteroatoms. The Morgan fingerprint density at radius 2 is 2.05 bits per heavy atom. The second kappa shape index (κ2) is 5.90. The minimum Gasteiger partial charge on any atom is -0.497 e. The molecule has 1 fully saturated rings. The molecule has 0 N–H and O–H groups in total. The summed E-state index contributed by atoms with van der Waals surface area (Å²) in [5.41, 5.74) is 1.45. The van der Waals surface area contributed by atoms with E-state index in [0.717, 1.165) is 29.8 Å². The molecule has 1 saturated heterocycles. The second-order valence-electron chi connectivity index (χ2n) is 5.66. The van der Waals surface area contributed by atoms with Gasteiger partial charge in [-0.05, 0) is 51.1 Å². The number of rotatable bonds is 4. The van der Waals surface area contributed by atoms with Crippen LogP contribution in [0, 0.1) is 6.92 Å². The summed E-state index contributed by atoms with van der Waals surface area (Å²) in [4.78, 5) is 14.9. The molecule has 0 spiro atoms. The lowest BCUT2D eigenvalue weighted by Crippen LogP contribution is -2.34. The summed E-state index contributed by atoms with van der Waals surface area (Å²) in [5, 5.41) is 0.855. The van der Waals surface area contributed by atoms with E-state index in [1.807, 2.05) is 25.1 Å². The lowest BCUT2D eigenvalue weighted by atomic mass is 10.0. The molecule has 0 bridgehead atoms. The first-order valence-electron chi connectivity index (χ1n) is 7.52. The summed E-state index contributed by atoms with van der Waals surface area (Å²) >= 11 is 0. The Bertz CT molecular complexity index is 653. The highest BCUT2D eigenvalue weighted by Gasteiger charge is 2.21. The molecule has 0 radical (unpaired) electrons. The third-order valence-electron chi connectivity index (χ3n) is 4.17. The van der Waals surface area contributed by atoms with Crippen molar-refractivity contribution < 1.29 is 13.9 Å². The van der Waals surface area contributed by atoms with Crippen LogP contribution in [0.5, 0.6) is 5.75 Å². The lowest BCUT2D eigenvalue weighted by molar-refractivity contribution is 0.0915. The minimum atomic E-state index is 0.140. The van der Waals surface area contributed by atoms with E-state index in [-0.39, 0.29) is 5.78 Å². The molecule has 3 rings (SSSR count). The van der Waals surface area contributed by atoms with Crippen molar-refractivity contribution in [2.75, 3.05) is 26.7 Å². The van der Waals surface area contributed by atoms with Crippen LogP contribution in [-0.2, 0) is 0 Å². The van der Waals surface area contributed by atoms with Crippen LogP contribution in [0.3, 0.4) is 0 Å². The smallest absolute Gasteiger partial charge is 0.180 e. The molecule has 2 aromatic rings. The molecule has 112 valence electrons. The first-order valence-corrected chi connectivity index (χ1v) is 7.52. The highest BCUT2D eigenvalue weighted by Crippen LogP contribution is 2.29. The molecule has 1 aromatic carbocycles. The topological polar surface area (TPSA) is 42.7 Å². The Morgan fingerprint density at radius 1 is 1.29 bits per heavy atom. The maximum absolute atomic E-state index is 12.7. The quantitative estimate of drug-likeness (QED) is 0.808. The van der Waals surface area contributed by atoms with Crippen molar-refractivity contribution in [1.29, 1.82) is 0 Å². The molecule has 4 nitrogen and oxygen atoms in total. The molecule has 1 aromatic heterocycles. The van der Waals surface area contributed by atoms with E-state index in [2.05, 4.69) is 4.90 Å². The zero-order chi connectivity index (χ0) is 14.8. The molecule has 2 heterocycles. The van der Waals surface area contributed by atoms with Crippen molar-refractivity contribution in [2.45, 2.75) is 26.2 Å². The molecule has 0 saturated carbocycles. The summed E-state index contributed by atoms with van der Waals surface area (Å²) in [6.07, 6.45) is 3.65. The maximum Gasteiger partial charge on any atom is 0.180 e. The summed E-state index contributed by atoms with van der Waals surface area (Å²) < 4.78 is 11.0. The van der Waals surface area contributed by atoms with Crippen molar-refractivity contribution in [3.63, 3.8) is 0 Å². The van der Waals surface area contributed by atoms with E-state index in [4.69, 9.17) is 9.15 Å². The number of ether oxygens (including phenoxy) is 1. The van der Waals surface area contributed by atoms with Crippen LogP contribution in [0.15, 0.2) is 22.6 Å². The van der Waals surface area contributed by atoms with E-state index in [1.165, 1.54) is 19.3 Å². The predicted octanol–water partition coefficient (Wildman–Crippen LogP) is 3.42. The third kappa shape index (κ3) is 2.81. The number of fused-ring (bicyclic) bond motifs is 1. The van der Waals surface area contributed by atoms with Gasteiger partial charge in [-0.25, -0.2) is 0 Å². The standard InChI is InChI=1S/C17H21NO3/c1-12-17(15(19)11-18-8-4-3-5-9-18)14-10-13(20-2)6-7-16(14)21-12/h6-7,10H,3-5,8-9,11H2,1-2H3. The maximum atomic E-state index is 12.7. The Morgan fingerprint density at radius 3 is 2.76 bits per heavy atom. The number of benzene rings is 1. The van der Waals surface area contributed by atoms with Gasteiger partial charge in [0.2, 0.25) is 0 Å². The zero-order valence-electron chi connectivity index (χ0n) is 12.6. The Hall–Kier alpha value is -1.81. The number of nitrogens with zero attached hydrogens (tertiary/aromatic N) is 1. The van der Waals surface area contributed by atoms with Crippen LogP contribution in [0.4, 0.5) is 0 Å². The fraction of sp³-hybridized carbons (Fsp3) is 0.471. The molecule has 0 amide bonds. The van der Waals surface area contributed by atoms with E-state index in [9.17, 15) is 4.79 Å². The Kier molecular flexibility index (Phi) is 3.97. The van der Waals surface area contributed by atoms with Crippen LogP contribution < -0.4 is 4.74 Å². The number of Topliss-reactive ketones (excluding diaryl/α,β-unsaturated/α-hetero) is 1. The van der Waals surface area contributed by atoms with Crippen molar-refractivity contribution in [3.8, 4) is 5.75 Å². The second-order valence-corrected chi connectivity index (χ2v) is 5.66. The first-order chi connectivity index (χ1) is 10.2. The van der Waals surface area contributed by atoms with Gasteiger partial charge in [0.1, 0.15) is 17.1 Å². The average Bonchev–Trinajstić information content (AvgIpc) is 2.83. The molecule has 0 atom stereocenters. The molecular weight excluding hydrogens is 266 g/mol. The van der Waals surface area contributed by atoms with Crippen LogP contribution in [0.2, 0.25) is 0 Å². The first kappa shape index (κ1) is 14.1. The number of likely N-dealkylation sites (tertiary alicyclic amines) is 1. The summed E-state index contributed by atoms with van der Waals surface area (Å²) in [7, 11) is 1.63. The van der Waals surface area contributed by atoms with Crippen molar-refractivity contribution >= 4 is 16.8 Å². The van der Waals surface area contributed by atoms with Crippen molar-refractivity contribution in [3.05, 3.63) is 29.5 Å². The summed E-state index contributed by atoms with van der Waals surface area (Å²) in [5.74, 6) is 1.58. The fourth-order valence-corrected chi connectivity index (χ4v) is 3.07. The van der Waals surface area contributed by atoms with Gasteiger partial charge in [-0.15, -0.1) is 0 Å². The molecule has 0 aliphatic carbocycles. The minimum absolute atomic E-state index is 0.140. The lowest BCUT2D eigenvalue weighted by Gasteiger charge is -2.25. The van der Waals surface area contributed by atoms with Gasteiger partial charge in [-0.3, -0.25) is 9.69 Å². The number of furan rings is 1.